The number of fused-ring (bicyclic) bond motifs is 1. The average molecular weight is 329 g/mol. The Balaban J connectivity index is 1.92. The molecule has 2 aromatic carbocycles. The Hall–Kier alpha value is -1.91. The van der Waals surface area contributed by atoms with Gasteiger partial charge < -0.3 is 14.8 Å². The van der Waals surface area contributed by atoms with E-state index >= 15 is 0 Å². The predicted octanol–water partition coefficient (Wildman–Crippen LogP) is 3.88. The molecule has 0 aliphatic carbocycles. The number of carbonyl (C=O) groups is 1. The van der Waals surface area contributed by atoms with E-state index in [2.05, 4.69) is 29.6 Å². The number of hydrogen-bond donors (Lipinski definition) is 1. The molecule has 0 heterocycles. The third-order valence-corrected chi connectivity index (χ3v) is 3.99. The molecule has 24 heavy (non-hydrogen) atoms. The Bertz CT molecular complexity index is 645. The third-order valence-electron chi connectivity index (χ3n) is 3.99. The van der Waals surface area contributed by atoms with Gasteiger partial charge in [0.1, 0.15) is 0 Å². The Morgan fingerprint density at radius 3 is 2.42 bits per heavy atom. The maximum absolute atomic E-state index is 12.3. The lowest BCUT2D eigenvalue weighted by molar-refractivity contribution is -0.167. The summed E-state index contributed by atoms with van der Waals surface area (Å²) < 4.78 is 11.1. The van der Waals surface area contributed by atoms with Gasteiger partial charge >= 0.3 is 0 Å². The van der Waals surface area contributed by atoms with Crippen LogP contribution >= 0.6 is 0 Å². The zero-order chi connectivity index (χ0) is 17.4. The highest BCUT2D eigenvalue weighted by Gasteiger charge is 2.20. The SMILES string of the molecule is CCOC(OCC)[C@@H](C)CC(=O)NCc1cccc2ccccc12. The molecule has 1 atom stereocenters. The van der Waals surface area contributed by atoms with Crippen LogP contribution in [0.25, 0.3) is 10.8 Å². The number of nitrogens with one attached hydrogen (secondary N) is 1. The lowest BCUT2D eigenvalue weighted by Gasteiger charge is -2.23. The van der Waals surface area contributed by atoms with Crippen LogP contribution in [-0.4, -0.2) is 25.4 Å². The zero-order valence-electron chi connectivity index (χ0n) is 14.7. The van der Waals surface area contributed by atoms with E-state index in [1.54, 1.807) is 0 Å². The number of ether oxygens (including phenoxy) is 2. The Morgan fingerprint density at radius 1 is 1.04 bits per heavy atom. The predicted molar refractivity (Wildman–Crippen MR) is 96.6 cm³/mol. The summed E-state index contributed by atoms with van der Waals surface area (Å²) in [6, 6.07) is 14.4. The molecule has 130 valence electrons. The first kappa shape index (κ1) is 18.4. The van der Waals surface area contributed by atoms with Crippen LogP contribution in [0.2, 0.25) is 0 Å². The van der Waals surface area contributed by atoms with Gasteiger partial charge in [-0.25, -0.2) is 0 Å². The van der Waals surface area contributed by atoms with E-state index in [1.807, 2.05) is 39.0 Å². The first-order chi connectivity index (χ1) is 11.7. The van der Waals surface area contributed by atoms with Crippen molar-refractivity contribution in [3.8, 4) is 0 Å². The molecule has 0 radical (unpaired) electrons. The molecule has 0 saturated heterocycles. The van der Waals surface area contributed by atoms with E-state index in [9.17, 15) is 4.79 Å². The minimum Gasteiger partial charge on any atom is -0.353 e. The maximum atomic E-state index is 12.3. The van der Waals surface area contributed by atoms with Gasteiger partial charge in [0.25, 0.3) is 0 Å². The molecule has 0 unspecified atom stereocenters. The second-order valence-electron chi connectivity index (χ2n) is 5.88. The van der Waals surface area contributed by atoms with Crippen molar-refractivity contribution in [2.24, 2.45) is 5.92 Å². The Morgan fingerprint density at radius 2 is 1.71 bits per heavy atom. The summed E-state index contributed by atoms with van der Waals surface area (Å²) in [4.78, 5) is 12.3. The van der Waals surface area contributed by atoms with Gasteiger partial charge in [0.05, 0.1) is 0 Å². The van der Waals surface area contributed by atoms with E-state index in [0.717, 1.165) is 5.56 Å². The van der Waals surface area contributed by atoms with E-state index in [4.69, 9.17) is 9.47 Å². The van der Waals surface area contributed by atoms with Crippen LogP contribution in [-0.2, 0) is 20.8 Å². The van der Waals surface area contributed by atoms with Crippen LogP contribution in [0, 0.1) is 5.92 Å². The third kappa shape index (κ3) is 5.05. The summed E-state index contributed by atoms with van der Waals surface area (Å²) in [5.74, 6) is 0.0252. The molecular formula is C20H27NO3. The molecule has 4 nitrogen and oxygen atoms in total. The van der Waals surface area contributed by atoms with Crippen molar-refractivity contribution in [2.75, 3.05) is 13.2 Å². The summed E-state index contributed by atoms with van der Waals surface area (Å²) >= 11 is 0. The molecule has 1 N–H and O–H groups in total. The first-order valence-corrected chi connectivity index (χ1v) is 8.62. The number of benzene rings is 2. The van der Waals surface area contributed by atoms with Crippen molar-refractivity contribution in [2.45, 2.75) is 40.0 Å². The molecule has 1 amide bonds. The van der Waals surface area contributed by atoms with Crippen molar-refractivity contribution in [3.63, 3.8) is 0 Å². The van der Waals surface area contributed by atoms with Crippen molar-refractivity contribution < 1.29 is 14.3 Å². The molecule has 0 aliphatic heterocycles. The molecule has 0 aliphatic rings. The minimum absolute atomic E-state index is 0.0115. The lowest BCUT2D eigenvalue weighted by atomic mass is 10.0. The topological polar surface area (TPSA) is 47.6 Å². The molecule has 0 aromatic heterocycles. The molecule has 4 heteroatoms. The van der Waals surface area contributed by atoms with Gasteiger partial charge in [-0.05, 0) is 30.2 Å². The number of rotatable bonds is 9. The van der Waals surface area contributed by atoms with Gasteiger partial charge in [-0.3, -0.25) is 4.79 Å². The standard InChI is InChI=1S/C20H27NO3/c1-4-23-20(24-5-2)15(3)13-19(22)21-14-17-11-8-10-16-9-6-7-12-18(16)17/h6-12,15,20H,4-5,13-14H2,1-3H3,(H,21,22)/t15-/m0/s1. The van der Waals surface area contributed by atoms with Gasteiger partial charge in [-0.1, -0.05) is 49.4 Å². The van der Waals surface area contributed by atoms with E-state index < -0.39 is 0 Å². The largest absolute Gasteiger partial charge is 0.353 e. The van der Waals surface area contributed by atoms with Crippen molar-refractivity contribution in [1.82, 2.24) is 5.32 Å². The van der Waals surface area contributed by atoms with E-state index in [1.165, 1.54) is 10.8 Å². The molecular weight excluding hydrogens is 302 g/mol. The second-order valence-corrected chi connectivity index (χ2v) is 5.88. The monoisotopic (exact) mass is 329 g/mol. The number of hydrogen-bond acceptors (Lipinski definition) is 3. The molecule has 0 bridgehead atoms. The lowest BCUT2D eigenvalue weighted by Crippen LogP contribution is -2.31. The van der Waals surface area contributed by atoms with Crippen LogP contribution in [0.1, 0.15) is 32.8 Å². The van der Waals surface area contributed by atoms with E-state index in [-0.39, 0.29) is 18.1 Å². The van der Waals surface area contributed by atoms with Crippen molar-refractivity contribution >= 4 is 16.7 Å². The summed E-state index contributed by atoms with van der Waals surface area (Å²) in [5.41, 5.74) is 1.13. The normalized spacial score (nSPS) is 12.5. The molecule has 0 spiro atoms. The number of amides is 1. The summed E-state index contributed by atoms with van der Waals surface area (Å²) in [6.07, 6.45) is 0.0541. The highest BCUT2D eigenvalue weighted by Crippen LogP contribution is 2.18. The summed E-state index contributed by atoms with van der Waals surface area (Å²) in [6.45, 7) is 7.52. The summed E-state index contributed by atoms with van der Waals surface area (Å²) in [5, 5.41) is 5.37. The van der Waals surface area contributed by atoms with E-state index in [0.29, 0.717) is 26.2 Å². The van der Waals surface area contributed by atoms with Gasteiger partial charge in [-0.15, -0.1) is 0 Å². The maximum Gasteiger partial charge on any atom is 0.220 e. The molecule has 0 saturated carbocycles. The first-order valence-electron chi connectivity index (χ1n) is 8.62. The van der Waals surface area contributed by atoms with Crippen molar-refractivity contribution in [3.05, 3.63) is 48.0 Å². The van der Waals surface area contributed by atoms with Crippen LogP contribution in [0.4, 0.5) is 0 Å². The van der Waals surface area contributed by atoms with Gasteiger partial charge in [0, 0.05) is 32.1 Å². The fourth-order valence-corrected chi connectivity index (χ4v) is 2.81. The van der Waals surface area contributed by atoms with Gasteiger partial charge in [-0.2, -0.15) is 0 Å². The molecule has 0 fully saturated rings. The second kappa shape index (κ2) is 9.40. The fourth-order valence-electron chi connectivity index (χ4n) is 2.81. The smallest absolute Gasteiger partial charge is 0.220 e. The highest BCUT2D eigenvalue weighted by molar-refractivity contribution is 5.86. The van der Waals surface area contributed by atoms with Crippen LogP contribution in [0.5, 0.6) is 0 Å². The minimum atomic E-state index is -0.330. The quantitative estimate of drug-likeness (QED) is 0.710. The fraction of sp³-hybridized carbons (Fsp3) is 0.450. The van der Waals surface area contributed by atoms with Crippen LogP contribution in [0.15, 0.2) is 42.5 Å². The van der Waals surface area contributed by atoms with Gasteiger partial charge in [0.15, 0.2) is 6.29 Å². The highest BCUT2D eigenvalue weighted by atomic mass is 16.7. The molecule has 2 rings (SSSR count). The average Bonchev–Trinajstić information content (AvgIpc) is 2.59. The molecule has 2 aromatic rings. The number of carbonyl (C=O) groups excluding carboxylic acids is 1. The Labute approximate surface area is 144 Å². The van der Waals surface area contributed by atoms with Gasteiger partial charge in [0.2, 0.25) is 5.91 Å². The van der Waals surface area contributed by atoms with Crippen LogP contribution in [0.3, 0.4) is 0 Å². The van der Waals surface area contributed by atoms with Crippen LogP contribution < -0.4 is 5.32 Å². The summed E-state index contributed by atoms with van der Waals surface area (Å²) in [7, 11) is 0. The Kier molecular flexibility index (Phi) is 7.22. The zero-order valence-corrected chi connectivity index (χ0v) is 14.7. The van der Waals surface area contributed by atoms with Crippen molar-refractivity contribution in [1.29, 1.82) is 0 Å².